The molecule has 0 amide bonds. The van der Waals surface area contributed by atoms with Gasteiger partial charge in [-0.2, -0.15) is 0 Å². The molecule has 0 saturated carbocycles. The van der Waals surface area contributed by atoms with Gasteiger partial charge in [-0.25, -0.2) is 0 Å². The molecule has 0 aliphatic carbocycles. The molecule has 1 aliphatic heterocycles. The Morgan fingerprint density at radius 1 is 1.10 bits per heavy atom. The first kappa shape index (κ1) is 24.6. The molecule has 0 spiro atoms. The van der Waals surface area contributed by atoms with E-state index in [2.05, 4.69) is 22.6 Å². The minimum Gasteiger partial charge on any atom is -0.320 e. The summed E-state index contributed by atoms with van der Waals surface area (Å²) < 4.78 is 0. The molecule has 1 rings (SSSR count). The van der Waals surface area contributed by atoms with Crippen molar-refractivity contribution in [1.82, 2.24) is 15.5 Å². The van der Waals surface area contributed by atoms with E-state index in [4.69, 9.17) is 0 Å². The van der Waals surface area contributed by atoms with Crippen molar-refractivity contribution in [1.29, 1.82) is 0 Å². The molecule has 1 unspecified atom stereocenters. The number of unbranched alkanes of at least 4 members (excludes halogenated alkanes) is 1. The van der Waals surface area contributed by atoms with Gasteiger partial charge in [0.2, 0.25) is 0 Å². The lowest BCUT2D eigenvalue weighted by Gasteiger charge is -2.24. The van der Waals surface area contributed by atoms with Crippen molar-refractivity contribution in [2.45, 2.75) is 59.4 Å². The van der Waals surface area contributed by atoms with Gasteiger partial charge in [-0.3, -0.25) is 0 Å². The van der Waals surface area contributed by atoms with Crippen LogP contribution in [0.4, 0.5) is 0 Å². The van der Waals surface area contributed by atoms with Crippen molar-refractivity contribution >= 4 is 6.29 Å². The highest BCUT2D eigenvalue weighted by Crippen LogP contribution is 1.98. The third-order valence-electron chi connectivity index (χ3n) is 2.81. The van der Waals surface area contributed by atoms with Gasteiger partial charge in [0.15, 0.2) is 0 Å². The van der Waals surface area contributed by atoms with Crippen LogP contribution in [0.3, 0.4) is 0 Å². The third-order valence-corrected chi connectivity index (χ3v) is 2.81. The maximum atomic E-state index is 10.3. The molecule has 124 valence electrons. The molecule has 0 radical (unpaired) electrons. The van der Waals surface area contributed by atoms with Crippen molar-refractivity contribution in [2.24, 2.45) is 0 Å². The van der Waals surface area contributed by atoms with E-state index in [0.29, 0.717) is 0 Å². The van der Waals surface area contributed by atoms with E-state index in [1.54, 1.807) is 0 Å². The number of likely N-dealkylation sites (tertiary alicyclic amines) is 1. The van der Waals surface area contributed by atoms with Gasteiger partial charge in [-0.15, -0.1) is 0 Å². The van der Waals surface area contributed by atoms with Crippen molar-refractivity contribution in [3.05, 3.63) is 0 Å². The number of nitrogens with one attached hydrogen (secondary N) is 2. The van der Waals surface area contributed by atoms with E-state index in [1.807, 2.05) is 41.8 Å². The van der Waals surface area contributed by atoms with E-state index in [9.17, 15) is 4.79 Å². The van der Waals surface area contributed by atoms with E-state index in [1.165, 1.54) is 19.5 Å². The van der Waals surface area contributed by atoms with Gasteiger partial charge in [0.25, 0.3) is 0 Å². The molecular weight excluding hydrogens is 250 g/mol. The lowest BCUT2D eigenvalue weighted by Crippen LogP contribution is -2.32. The minimum atomic E-state index is 0.0480. The quantitative estimate of drug-likeness (QED) is 0.558. The van der Waals surface area contributed by atoms with Crippen LogP contribution in [0.2, 0.25) is 0 Å². The van der Waals surface area contributed by atoms with E-state index in [0.717, 1.165) is 32.1 Å². The maximum Gasteiger partial charge on any atom is 0.136 e. The maximum absolute atomic E-state index is 10.3. The normalized spacial score (nSPS) is 14.2. The second kappa shape index (κ2) is 23.6. The smallest absolute Gasteiger partial charge is 0.136 e. The van der Waals surface area contributed by atoms with Crippen LogP contribution in [0.25, 0.3) is 0 Å². The molecule has 4 heteroatoms. The Hall–Kier alpha value is -0.450. The Kier molecular flexibility index (Phi) is 29.0. The van der Waals surface area contributed by atoms with Crippen LogP contribution in [0.5, 0.6) is 0 Å². The number of nitrogens with zero attached hydrogens (tertiary/aromatic N) is 1. The molecule has 1 fully saturated rings. The van der Waals surface area contributed by atoms with Gasteiger partial charge in [0, 0.05) is 0 Å². The summed E-state index contributed by atoms with van der Waals surface area (Å²) in [6.45, 7) is 11.7. The summed E-state index contributed by atoms with van der Waals surface area (Å²) >= 11 is 0. The van der Waals surface area contributed by atoms with Crippen LogP contribution in [0.15, 0.2) is 0 Å². The average Bonchev–Trinajstić information content (AvgIpc) is 2.50. The SMILES string of the molecule is CC.CC.CN1CCC1.CNCCCCC(C=O)NC. The number of likely N-dealkylation sites (N-methyl/N-ethyl adjacent to an activating group) is 1. The second-order valence-corrected chi connectivity index (χ2v) is 4.29. The fourth-order valence-electron chi connectivity index (χ4n) is 1.42. The molecule has 1 heterocycles. The Balaban J connectivity index is -0.000000264. The summed E-state index contributed by atoms with van der Waals surface area (Å²) in [7, 11) is 5.90. The first-order chi connectivity index (χ1) is 9.74. The lowest BCUT2D eigenvalue weighted by atomic mass is 10.1. The standard InChI is InChI=1S/C8H18N2O.C4H9N.2C2H6/c1-9-6-4-3-5-8(7-11)10-2;1-5-3-2-4-5;2*1-2/h7-10H,3-6H2,1-2H3;2-4H2,1H3;2*1-2H3. The first-order valence-electron chi connectivity index (χ1n) is 8.20. The van der Waals surface area contributed by atoms with E-state index >= 15 is 0 Å². The summed E-state index contributed by atoms with van der Waals surface area (Å²) in [5, 5.41) is 6.01. The van der Waals surface area contributed by atoms with Crippen LogP contribution < -0.4 is 10.6 Å². The summed E-state index contributed by atoms with van der Waals surface area (Å²) in [5.74, 6) is 0. The molecule has 0 bridgehead atoms. The van der Waals surface area contributed by atoms with Gasteiger partial charge in [-0.1, -0.05) is 34.1 Å². The Labute approximate surface area is 127 Å². The summed E-state index contributed by atoms with van der Waals surface area (Å²) in [6.07, 6.45) is 5.57. The zero-order chi connectivity index (χ0) is 16.2. The number of hydrogen-bond acceptors (Lipinski definition) is 4. The first-order valence-corrected chi connectivity index (χ1v) is 8.20. The number of aldehydes is 1. The molecule has 0 aromatic rings. The second-order valence-electron chi connectivity index (χ2n) is 4.29. The molecule has 0 aromatic heterocycles. The molecule has 20 heavy (non-hydrogen) atoms. The third kappa shape index (κ3) is 19.9. The van der Waals surface area contributed by atoms with Crippen molar-refractivity contribution < 1.29 is 4.79 Å². The largest absolute Gasteiger partial charge is 0.320 e. The molecule has 4 nitrogen and oxygen atoms in total. The average molecular weight is 290 g/mol. The summed E-state index contributed by atoms with van der Waals surface area (Å²) in [4.78, 5) is 12.6. The Bertz CT molecular complexity index is 162. The van der Waals surface area contributed by atoms with Gasteiger partial charge < -0.3 is 20.3 Å². The van der Waals surface area contributed by atoms with Crippen LogP contribution >= 0.6 is 0 Å². The topological polar surface area (TPSA) is 44.4 Å². The summed E-state index contributed by atoms with van der Waals surface area (Å²) in [6, 6.07) is 0.0480. The summed E-state index contributed by atoms with van der Waals surface area (Å²) in [5.41, 5.74) is 0. The van der Waals surface area contributed by atoms with E-state index < -0.39 is 0 Å². The Morgan fingerprint density at radius 2 is 1.60 bits per heavy atom. The van der Waals surface area contributed by atoms with Gasteiger partial charge in [0.05, 0.1) is 6.04 Å². The van der Waals surface area contributed by atoms with Gasteiger partial charge in [0.1, 0.15) is 6.29 Å². The predicted molar refractivity (Wildman–Crippen MR) is 91.5 cm³/mol. The number of hydrogen-bond donors (Lipinski definition) is 2. The monoisotopic (exact) mass is 289 g/mol. The molecule has 1 atom stereocenters. The molecule has 2 N–H and O–H groups in total. The molecule has 1 saturated heterocycles. The van der Waals surface area contributed by atoms with Crippen LogP contribution in [0.1, 0.15) is 53.4 Å². The Morgan fingerprint density at radius 3 is 1.85 bits per heavy atom. The number of carbonyl (C=O) groups excluding carboxylic acids is 1. The van der Waals surface area contributed by atoms with Crippen LogP contribution in [-0.4, -0.2) is 58.0 Å². The fraction of sp³-hybridized carbons (Fsp3) is 0.938. The van der Waals surface area contributed by atoms with Crippen molar-refractivity contribution in [2.75, 3.05) is 40.8 Å². The van der Waals surface area contributed by atoms with Crippen LogP contribution in [-0.2, 0) is 4.79 Å². The van der Waals surface area contributed by atoms with Crippen molar-refractivity contribution in [3.63, 3.8) is 0 Å². The number of rotatable bonds is 7. The molecule has 1 aliphatic rings. The predicted octanol–water partition coefficient (Wildman–Crippen LogP) is 2.54. The van der Waals surface area contributed by atoms with E-state index in [-0.39, 0.29) is 6.04 Å². The molecular formula is C16H39N3O. The highest BCUT2D eigenvalue weighted by Gasteiger charge is 2.04. The molecule has 0 aromatic carbocycles. The zero-order valence-electron chi connectivity index (χ0n) is 15.0. The van der Waals surface area contributed by atoms with Crippen LogP contribution in [0, 0.1) is 0 Å². The van der Waals surface area contributed by atoms with Gasteiger partial charge >= 0.3 is 0 Å². The number of carbonyl (C=O) groups is 1. The highest BCUT2D eigenvalue weighted by molar-refractivity contribution is 5.57. The fourth-order valence-corrected chi connectivity index (χ4v) is 1.42. The van der Waals surface area contributed by atoms with Crippen molar-refractivity contribution in [3.8, 4) is 0 Å². The lowest BCUT2D eigenvalue weighted by molar-refractivity contribution is -0.109. The van der Waals surface area contributed by atoms with Gasteiger partial charge in [-0.05, 0) is 60.0 Å². The highest BCUT2D eigenvalue weighted by atomic mass is 16.1. The zero-order valence-corrected chi connectivity index (χ0v) is 15.0. The minimum absolute atomic E-state index is 0.0480.